The number of rotatable bonds is 3. The summed E-state index contributed by atoms with van der Waals surface area (Å²) in [6.45, 7) is 4.39. The molecule has 0 bridgehead atoms. The topological polar surface area (TPSA) is 26.0 Å². The predicted molar refractivity (Wildman–Crippen MR) is 60.9 cm³/mol. The number of aromatic nitrogens is 1. The maximum atomic E-state index is 5.73. The van der Waals surface area contributed by atoms with Gasteiger partial charge in [0.25, 0.3) is 0 Å². The molecule has 0 radical (unpaired) electrons. The standard InChI is InChI=1S/C13H21NO/c1-3-10-5-7-11(8-6-10)12-9-14-13(4-2)15-12/h9-11H,3-8H2,1-2H3. The molecule has 0 aromatic carbocycles. The predicted octanol–water partition coefficient (Wildman–Crippen LogP) is 3.92. The molecule has 0 amide bonds. The van der Waals surface area contributed by atoms with Crippen molar-refractivity contribution in [3.05, 3.63) is 17.8 Å². The number of nitrogens with zero attached hydrogens (tertiary/aromatic N) is 1. The molecule has 1 fully saturated rings. The Bertz CT molecular complexity index is 297. The van der Waals surface area contributed by atoms with Gasteiger partial charge in [-0.3, -0.25) is 0 Å². The molecule has 2 heteroatoms. The minimum atomic E-state index is 0.639. The maximum Gasteiger partial charge on any atom is 0.194 e. The normalized spacial score (nSPS) is 26.8. The lowest BCUT2D eigenvalue weighted by Gasteiger charge is -2.26. The van der Waals surface area contributed by atoms with Crippen molar-refractivity contribution in [2.24, 2.45) is 5.92 Å². The van der Waals surface area contributed by atoms with Gasteiger partial charge >= 0.3 is 0 Å². The molecule has 0 spiro atoms. The van der Waals surface area contributed by atoms with E-state index in [1.807, 2.05) is 6.20 Å². The van der Waals surface area contributed by atoms with Crippen LogP contribution >= 0.6 is 0 Å². The minimum absolute atomic E-state index is 0.639. The van der Waals surface area contributed by atoms with Crippen molar-refractivity contribution in [3.63, 3.8) is 0 Å². The van der Waals surface area contributed by atoms with Crippen LogP contribution in [0.15, 0.2) is 10.6 Å². The van der Waals surface area contributed by atoms with Crippen molar-refractivity contribution in [3.8, 4) is 0 Å². The third-order valence-electron chi connectivity index (χ3n) is 3.70. The van der Waals surface area contributed by atoms with Crippen LogP contribution in [-0.4, -0.2) is 4.98 Å². The Kier molecular flexibility index (Phi) is 3.45. The molecule has 0 saturated heterocycles. The zero-order valence-electron chi connectivity index (χ0n) is 9.83. The molecule has 1 aromatic rings. The summed E-state index contributed by atoms with van der Waals surface area (Å²) in [6, 6.07) is 0. The molecule has 1 aliphatic rings. The number of hydrogen-bond donors (Lipinski definition) is 0. The van der Waals surface area contributed by atoms with Gasteiger partial charge in [-0.1, -0.05) is 20.3 Å². The van der Waals surface area contributed by atoms with E-state index in [4.69, 9.17) is 4.42 Å². The SMILES string of the molecule is CCc1ncc(C2CCC(CC)CC2)o1. The summed E-state index contributed by atoms with van der Waals surface area (Å²) >= 11 is 0. The molecular formula is C13H21NO. The number of aryl methyl sites for hydroxylation is 1. The molecule has 15 heavy (non-hydrogen) atoms. The van der Waals surface area contributed by atoms with Gasteiger partial charge in [0, 0.05) is 12.3 Å². The molecule has 0 N–H and O–H groups in total. The van der Waals surface area contributed by atoms with Crippen LogP contribution in [0.4, 0.5) is 0 Å². The molecule has 2 rings (SSSR count). The molecule has 2 nitrogen and oxygen atoms in total. The van der Waals surface area contributed by atoms with Crippen LogP contribution in [0.2, 0.25) is 0 Å². The number of oxazole rings is 1. The lowest BCUT2D eigenvalue weighted by Crippen LogP contribution is -2.12. The van der Waals surface area contributed by atoms with Crippen LogP contribution in [0, 0.1) is 5.92 Å². The van der Waals surface area contributed by atoms with E-state index in [0.29, 0.717) is 5.92 Å². The molecule has 0 atom stereocenters. The van der Waals surface area contributed by atoms with Crippen molar-refractivity contribution in [2.75, 3.05) is 0 Å². The molecule has 1 heterocycles. The van der Waals surface area contributed by atoms with Gasteiger partial charge in [-0.25, -0.2) is 4.98 Å². The van der Waals surface area contributed by atoms with Crippen molar-refractivity contribution in [1.82, 2.24) is 4.98 Å². The van der Waals surface area contributed by atoms with Crippen LogP contribution in [0.1, 0.15) is 63.5 Å². The van der Waals surface area contributed by atoms with E-state index in [0.717, 1.165) is 24.0 Å². The Morgan fingerprint density at radius 2 is 2.00 bits per heavy atom. The third-order valence-corrected chi connectivity index (χ3v) is 3.70. The minimum Gasteiger partial charge on any atom is -0.445 e. The van der Waals surface area contributed by atoms with Gasteiger partial charge in [0.05, 0.1) is 6.20 Å². The molecule has 1 aliphatic carbocycles. The first-order valence-corrected chi connectivity index (χ1v) is 6.28. The van der Waals surface area contributed by atoms with Crippen molar-refractivity contribution in [2.45, 2.75) is 58.3 Å². The van der Waals surface area contributed by atoms with E-state index in [1.54, 1.807) is 0 Å². The third kappa shape index (κ3) is 2.42. The fraction of sp³-hybridized carbons (Fsp3) is 0.769. The van der Waals surface area contributed by atoms with Gasteiger partial charge in [-0.2, -0.15) is 0 Å². The summed E-state index contributed by atoms with van der Waals surface area (Å²) < 4.78 is 5.73. The second-order valence-electron chi connectivity index (χ2n) is 4.64. The Labute approximate surface area is 92.1 Å². The Hall–Kier alpha value is -0.790. The smallest absolute Gasteiger partial charge is 0.194 e. The monoisotopic (exact) mass is 207 g/mol. The zero-order chi connectivity index (χ0) is 10.7. The molecule has 1 saturated carbocycles. The van der Waals surface area contributed by atoms with E-state index >= 15 is 0 Å². The summed E-state index contributed by atoms with van der Waals surface area (Å²) in [5.41, 5.74) is 0. The van der Waals surface area contributed by atoms with E-state index in [-0.39, 0.29) is 0 Å². The first-order chi connectivity index (χ1) is 7.33. The van der Waals surface area contributed by atoms with Crippen LogP contribution < -0.4 is 0 Å². The van der Waals surface area contributed by atoms with Gasteiger partial charge in [-0.15, -0.1) is 0 Å². The highest BCUT2D eigenvalue weighted by molar-refractivity contribution is 5.03. The van der Waals surface area contributed by atoms with Crippen molar-refractivity contribution < 1.29 is 4.42 Å². The van der Waals surface area contributed by atoms with Gasteiger partial charge < -0.3 is 4.42 Å². The molecule has 1 aromatic heterocycles. The van der Waals surface area contributed by atoms with Gasteiger partial charge in [0.1, 0.15) is 5.76 Å². The quantitative estimate of drug-likeness (QED) is 0.750. The molecule has 0 aliphatic heterocycles. The fourth-order valence-electron chi connectivity index (χ4n) is 2.53. The van der Waals surface area contributed by atoms with Crippen LogP contribution in [0.25, 0.3) is 0 Å². The number of hydrogen-bond acceptors (Lipinski definition) is 2. The van der Waals surface area contributed by atoms with Gasteiger partial charge in [0.15, 0.2) is 5.89 Å². The molecule has 0 unspecified atom stereocenters. The Balaban J connectivity index is 1.95. The first kappa shape index (κ1) is 10.7. The second kappa shape index (κ2) is 4.82. The highest BCUT2D eigenvalue weighted by Gasteiger charge is 2.23. The highest BCUT2D eigenvalue weighted by Crippen LogP contribution is 2.37. The van der Waals surface area contributed by atoms with E-state index < -0.39 is 0 Å². The fourth-order valence-corrected chi connectivity index (χ4v) is 2.53. The van der Waals surface area contributed by atoms with Gasteiger partial charge in [-0.05, 0) is 31.6 Å². The Morgan fingerprint density at radius 3 is 2.53 bits per heavy atom. The average Bonchev–Trinajstić information content (AvgIpc) is 2.78. The average molecular weight is 207 g/mol. The molecular weight excluding hydrogens is 186 g/mol. The van der Waals surface area contributed by atoms with E-state index in [1.165, 1.54) is 32.1 Å². The largest absolute Gasteiger partial charge is 0.445 e. The summed E-state index contributed by atoms with van der Waals surface area (Å²) in [4.78, 5) is 4.28. The Morgan fingerprint density at radius 1 is 1.27 bits per heavy atom. The van der Waals surface area contributed by atoms with Crippen LogP contribution in [0.5, 0.6) is 0 Å². The van der Waals surface area contributed by atoms with Gasteiger partial charge in [0.2, 0.25) is 0 Å². The van der Waals surface area contributed by atoms with E-state index in [9.17, 15) is 0 Å². The lowest BCUT2D eigenvalue weighted by molar-refractivity contribution is 0.289. The van der Waals surface area contributed by atoms with E-state index in [2.05, 4.69) is 18.8 Å². The van der Waals surface area contributed by atoms with Crippen LogP contribution in [-0.2, 0) is 6.42 Å². The summed E-state index contributed by atoms with van der Waals surface area (Å²) in [7, 11) is 0. The highest BCUT2D eigenvalue weighted by atomic mass is 16.4. The maximum absolute atomic E-state index is 5.73. The molecule has 84 valence electrons. The van der Waals surface area contributed by atoms with Crippen molar-refractivity contribution >= 4 is 0 Å². The summed E-state index contributed by atoms with van der Waals surface area (Å²) in [5.74, 6) is 3.61. The zero-order valence-corrected chi connectivity index (χ0v) is 9.83. The first-order valence-electron chi connectivity index (χ1n) is 6.28. The van der Waals surface area contributed by atoms with Crippen molar-refractivity contribution in [1.29, 1.82) is 0 Å². The van der Waals surface area contributed by atoms with Crippen LogP contribution in [0.3, 0.4) is 0 Å². The second-order valence-corrected chi connectivity index (χ2v) is 4.64. The lowest BCUT2D eigenvalue weighted by atomic mass is 9.80. The summed E-state index contributed by atoms with van der Waals surface area (Å²) in [5, 5.41) is 0. The summed E-state index contributed by atoms with van der Waals surface area (Å²) in [6.07, 6.45) is 9.49.